The zero-order valence-electron chi connectivity index (χ0n) is 7.86. The molecular weight excluding hydrogens is 284 g/mol. The summed E-state index contributed by atoms with van der Waals surface area (Å²) in [6.07, 6.45) is -4.60. The minimum Gasteiger partial charge on any atom is -0.486 e. The van der Waals surface area contributed by atoms with Gasteiger partial charge in [-0.3, -0.25) is 0 Å². The molecule has 0 bridgehead atoms. The number of benzene rings is 1. The van der Waals surface area contributed by atoms with Gasteiger partial charge in [0.15, 0.2) is 5.05 Å². The molecule has 0 saturated heterocycles. The van der Waals surface area contributed by atoms with Crippen molar-refractivity contribution in [2.75, 3.05) is 7.11 Å². The van der Waals surface area contributed by atoms with Crippen LogP contribution in [0.2, 0.25) is 10.0 Å². The van der Waals surface area contributed by atoms with Gasteiger partial charge in [-0.15, -0.1) is 0 Å². The van der Waals surface area contributed by atoms with E-state index in [0.29, 0.717) is 0 Å². The minimum absolute atomic E-state index is 0.0255. The lowest BCUT2D eigenvalue weighted by molar-refractivity contribution is -0.137. The Balaban J connectivity index is 3.34. The monoisotopic (exact) mass is 288 g/mol. The van der Waals surface area contributed by atoms with E-state index >= 15 is 0 Å². The van der Waals surface area contributed by atoms with Crippen molar-refractivity contribution in [3.05, 3.63) is 33.3 Å². The number of halogens is 5. The smallest absolute Gasteiger partial charge is 0.419 e. The minimum atomic E-state index is -4.60. The van der Waals surface area contributed by atoms with Gasteiger partial charge in [0, 0.05) is 5.56 Å². The second-order valence-electron chi connectivity index (χ2n) is 2.80. The number of alkyl halides is 3. The van der Waals surface area contributed by atoms with Gasteiger partial charge in [-0.1, -0.05) is 23.2 Å². The highest BCUT2D eigenvalue weighted by Gasteiger charge is 2.36. The Morgan fingerprint density at radius 3 is 2.00 bits per heavy atom. The van der Waals surface area contributed by atoms with Crippen LogP contribution >= 0.6 is 35.4 Å². The molecule has 0 radical (unpaired) electrons. The molecule has 7 heteroatoms. The third kappa shape index (κ3) is 2.78. The SMILES string of the molecule is COC(=S)c1cc(Cl)c(C(F)(F)F)c(Cl)c1. The molecule has 1 rings (SSSR count). The molecule has 0 unspecified atom stereocenters. The maximum Gasteiger partial charge on any atom is 0.419 e. The van der Waals surface area contributed by atoms with Crippen LogP contribution in [0.25, 0.3) is 0 Å². The molecule has 0 amide bonds. The average molecular weight is 289 g/mol. The van der Waals surface area contributed by atoms with Gasteiger partial charge in [0.25, 0.3) is 0 Å². The Hall–Kier alpha value is -0.520. The van der Waals surface area contributed by atoms with E-state index in [4.69, 9.17) is 40.2 Å². The molecule has 0 N–H and O–H groups in total. The van der Waals surface area contributed by atoms with E-state index in [0.717, 1.165) is 12.1 Å². The van der Waals surface area contributed by atoms with Gasteiger partial charge in [0.2, 0.25) is 0 Å². The molecule has 88 valence electrons. The lowest BCUT2D eigenvalue weighted by Crippen LogP contribution is -2.09. The van der Waals surface area contributed by atoms with E-state index in [1.54, 1.807) is 0 Å². The van der Waals surface area contributed by atoms with Crippen LogP contribution in [-0.4, -0.2) is 12.2 Å². The molecule has 0 saturated carbocycles. The topological polar surface area (TPSA) is 9.23 Å². The zero-order valence-corrected chi connectivity index (χ0v) is 10.2. The fourth-order valence-corrected chi connectivity index (χ4v) is 1.90. The van der Waals surface area contributed by atoms with Crippen LogP contribution in [0.4, 0.5) is 13.2 Å². The number of hydrogen-bond acceptors (Lipinski definition) is 2. The summed E-state index contributed by atoms with van der Waals surface area (Å²) in [4.78, 5) is 0. The molecule has 0 atom stereocenters. The molecular formula is C9H5Cl2F3OS. The summed E-state index contributed by atoms with van der Waals surface area (Å²) >= 11 is 15.8. The Kier molecular flexibility index (Phi) is 4.04. The maximum absolute atomic E-state index is 12.5. The van der Waals surface area contributed by atoms with Gasteiger partial charge in [0.05, 0.1) is 22.7 Å². The summed E-state index contributed by atoms with van der Waals surface area (Å²) in [7, 11) is 1.31. The Morgan fingerprint density at radius 2 is 1.69 bits per heavy atom. The first-order valence-corrected chi connectivity index (χ1v) is 5.08. The number of rotatable bonds is 1. The van der Waals surface area contributed by atoms with E-state index in [1.165, 1.54) is 7.11 Å². The quantitative estimate of drug-likeness (QED) is 0.711. The summed E-state index contributed by atoms with van der Waals surface area (Å²) in [5.74, 6) is 0. The fourth-order valence-electron chi connectivity index (χ4n) is 1.08. The van der Waals surface area contributed by atoms with Gasteiger partial charge in [-0.25, -0.2) is 0 Å². The Labute approximate surface area is 105 Å². The van der Waals surface area contributed by atoms with Crippen LogP contribution < -0.4 is 0 Å². The molecule has 0 fully saturated rings. The molecule has 16 heavy (non-hydrogen) atoms. The lowest BCUT2D eigenvalue weighted by Gasteiger charge is -2.12. The average Bonchev–Trinajstić information content (AvgIpc) is 2.13. The predicted molar refractivity (Wildman–Crippen MR) is 60.2 cm³/mol. The molecule has 1 aromatic rings. The highest BCUT2D eigenvalue weighted by atomic mass is 35.5. The highest BCUT2D eigenvalue weighted by Crippen LogP contribution is 2.40. The van der Waals surface area contributed by atoms with Crippen LogP contribution in [-0.2, 0) is 10.9 Å². The maximum atomic E-state index is 12.5. The molecule has 0 heterocycles. The number of hydrogen-bond donors (Lipinski definition) is 0. The van der Waals surface area contributed by atoms with Crippen molar-refractivity contribution in [3.8, 4) is 0 Å². The first-order valence-electron chi connectivity index (χ1n) is 3.92. The predicted octanol–water partition coefficient (Wildman–Crippen LogP) is 4.33. The van der Waals surface area contributed by atoms with Crippen molar-refractivity contribution >= 4 is 40.5 Å². The van der Waals surface area contributed by atoms with E-state index in [-0.39, 0.29) is 10.6 Å². The molecule has 0 spiro atoms. The summed E-state index contributed by atoms with van der Waals surface area (Å²) in [6.45, 7) is 0. The molecule has 0 aliphatic rings. The molecule has 1 aromatic carbocycles. The van der Waals surface area contributed by atoms with Crippen molar-refractivity contribution in [2.24, 2.45) is 0 Å². The highest BCUT2D eigenvalue weighted by molar-refractivity contribution is 7.80. The summed E-state index contributed by atoms with van der Waals surface area (Å²) in [5.41, 5.74) is -0.834. The van der Waals surface area contributed by atoms with Crippen LogP contribution in [0.3, 0.4) is 0 Å². The largest absolute Gasteiger partial charge is 0.486 e. The summed E-state index contributed by atoms with van der Waals surface area (Å²) in [6, 6.07) is 2.14. The number of ether oxygens (including phenoxy) is 1. The van der Waals surface area contributed by atoms with Crippen LogP contribution in [0.5, 0.6) is 0 Å². The van der Waals surface area contributed by atoms with Crippen molar-refractivity contribution in [2.45, 2.75) is 6.18 Å². The summed E-state index contributed by atoms with van der Waals surface area (Å²) < 4.78 is 42.2. The number of methoxy groups -OCH3 is 1. The van der Waals surface area contributed by atoms with Gasteiger partial charge in [-0.2, -0.15) is 13.2 Å². The third-order valence-electron chi connectivity index (χ3n) is 1.75. The summed E-state index contributed by atoms with van der Waals surface area (Å²) in [5, 5.41) is -0.985. The van der Waals surface area contributed by atoms with Gasteiger partial charge < -0.3 is 4.74 Å². The second-order valence-corrected chi connectivity index (χ2v) is 3.99. The van der Waals surface area contributed by atoms with E-state index in [9.17, 15) is 13.2 Å². The van der Waals surface area contributed by atoms with Crippen molar-refractivity contribution in [3.63, 3.8) is 0 Å². The van der Waals surface area contributed by atoms with Gasteiger partial charge >= 0.3 is 6.18 Å². The van der Waals surface area contributed by atoms with Gasteiger partial charge in [0.1, 0.15) is 0 Å². The van der Waals surface area contributed by atoms with Crippen LogP contribution in [0.1, 0.15) is 11.1 Å². The second kappa shape index (κ2) is 4.77. The fraction of sp³-hybridized carbons (Fsp3) is 0.222. The van der Waals surface area contributed by atoms with E-state index in [1.807, 2.05) is 0 Å². The van der Waals surface area contributed by atoms with E-state index in [2.05, 4.69) is 0 Å². The van der Waals surface area contributed by atoms with Crippen molar-refractivity contribution in [1.29, 1.82) is 0 Å². The Bertz CT molecular complexity index is 408. The van der Waals surface area contributed by atoms with Gasteiger partial charge in [-0.05, 0) is 24.4 Å². The number of thiocarbonyl (C=S) groups is 1. The van der Waals surface area contributed by atoms with Crippen LogP contribution in [0.15, 0.2) is 12.1 Å². The van der Waals surface area contributed by atoms with Crippen molar-refractivity contribution < 1.29 is 17.9 Å². The molecule has 0 aliphatic heterocycles. The Morgan fingerprint density at radius 1 is 1.25 bits per heavy atom. The standard InChI is InChI=1S/C9H5Cl2F3OS/c1-15-8(16)4-2-5(10)7(6(11)3-4)9(12,13)14/h2-3H,1H3. The zero-order chi connectivity index (χ0) is 12.5. The third-order valence-corrected chi connectivity index (χ3v) is 2.75. The van der Waals surface area contributed by atoms with Crippen molar-refractivity contribution in [1.82, 2.24) is 0 Å². The molecule has 0 aromatic heterocycles. The van der Waals surface area contributed by atoms with E-state index < -0.39 is 21.8 Å². The first kappa shape index (κ1) is 13.5. The van der Waals surface area contributed by atoms with Crippen LogP contribution in [0, 0.1) is 0 Å². The lowest BCUT2D eigenvalue weighted by atomic mass is 10.1. The normalized spacial score (nSPS) is 11.4. The molecule has 1 nitrogen and oxygen atoms in total. The molecule has 0 aliphatic carbocycles. The first-order chi connectivity index (χ1) is 7.27.